The molecule has 5 heteroatoms. The van der Waals surface area contributed by atoms with E-state index in [4.69, 9.17) is 0 Å². The van der Waals surface area contributed by atoms with Crippen LogP contribution in [-0.4, -0.2) is 41.0 Å². The number of guanidine groups is 1. The maximum atomic E-state index is 12.3. The summed E-state index contributed by atoms with van der Waals surface area (Å²) >= 11 is 0. The van der Waals surface area contributed by atoms with Gasteiger partial charge in [-0.15, -0.1) is 0 Å². The van der Waals surface area contributed by atoms with Gasteiger partial charge in [-0.05, 0) is 37.1 Å². The van der Waals surface area contributed by atoms with Crippen LogP contribution in [0.25, 0.3) is 0 Å². The summed E-state index contributed by atoms with van der Waals surface area (Å²) in [6.45, 7) is 6.30. The minimum atomic E-state index is -1.01. The van der Waals surface area contributed by atoms with Gasteiger partial charge in [0.1, 0.15) is 0 Å². The molecule has 1 unspecified atom stereocenters. The molecule has 2 aromatic rings. The van der Waals surface area contributed by atoms with Crippen LogP contribution in [-0.2, 0) is 17.3 Å². The van der Waals surface area contributed by atoms with Crippen molar-refractivity contribution in [3.8, 4) is 0 Å². The lowest BCUT2D eigenvalue weighted by Gasteiger charge is -2.23. The van der Waals surface area contributed by atoms with Crippen molar-refractivity contribution < 1.29 is 4.21 Å². The summed E-state index contributed by atoms with van der Waals surface area (Å²) in [6.07, 6.45) is 0. The maximum absolute atomic E-state index is 12.3. The standard InChI is InChI=1S/C20H27N3OS/c1-4-21-20(23(3)16-18-11-9-8-10-17(18)2)22-14-15-25(24)19-12-6-5-7-13-19/h5-13H,4,14-16H2,1-3H3,(H,21,22). The van der Waals surface area contributed by atoms with E-state index in [1.807, 2.05) is 37.4 Å². The van der Waals surface area contributed by atoms with Gasteiger partial charge in [0.2, 0.25) is 0 Å². The van der Waals surface area contributed by atoms with Gasteiger partial charge < -0.3 is 10.2 Å². The van der Waals surface area contributed by atoms with Gasteiger partial charge in [-0.1, -0.05) is 42.5 Å². The third kappa shape index (κ3) is 6.02. The van der Waals surface area contributed by atoms with Gasteiger partial charge in [0.05, 0.1) is 17.3 Å². The van der Waals surface area contributed by atoms with Crippen LogP contribution < -0.4 is 5.32 Å². The predicted molar refractivity (Wildman–Crippen MR) is 106 cm³/mol. The number of hydrogen-bond donors (Lipinski definition) is 1. The molecule has 25 heavy (non-hydrogen) atoms. The summed E-state index contributed by atoms with van der Waals surface area (Å²) in [7, 11) is 1.02. The molecule has 0 aliphatic carbocycles. The molecule has 0 aromatic heterocycles. The topological polar surface area (TPSA) is 44.7 Å². The largest absolute Gasteiger partial charge is 0.357 e. The van der Waals surface area contributed by atoms with Crippen molar-refractivity contribution in [2.75, 3.05) is 25.9 Å². The summed E-state index contributed by atoms with van der Waals surface area (Å²) in [5, 5.41) is 3.31. The molecular weight excluding hydrogens is 330 g/mol. The number of nitrogens with one attached hydrogen (secondary N) is 1. The van der Waals surface area contributed by atoms with Crippen molar-refractivity contribution in [2.45, 2.75) is 25.3 Å². The fraction of sp³-hybridized carbons (Fsp3) is 0.350. The van der Waals surface area contributed by atoms with Crippen LogP contribution in [0.4, 0.5) is 0 Å². The van der Waals surface area contributed by atoms with Crippen molar-refractivity contribution in [1.82, 2.24) is 10.2 Å². The Morgan fingerprint density at radius 3 is 2.48 bits per heavy atom. The molecule has 1 N–H and O–H groups in total. The Balaban J connectivity index is 1.97. The van der Waals surface area contributed by atoms with Gasteiger partial charge in [-0.3, -0.25) is 9.20 Å². The van der Waals surface area contributed by atoms with Gasteiger partial charge in [-0.25, -0.2) is 0 Å². The Labute approximate surface area is 153 Å². The number of hydrogen-bond acceptors (Lipinski definition) is 2. The maximum Gasteiger partial charge on any atom is 0.193 e. The molecule has 1 atom stereocenters. The molecule has 0 fully saturated rings. The molecule has 134 valence electrons. The van der Waals surface area contributed by atoms with Gasteiger partial charge in [-0.2, -0.15) is 0 Å². The molecule has 0 bridgehead atoms. The summed E-state index contributed by atoms with van der Waals surface area (Å²) in [5.74, 6) is 1.37. The highest BCUT2D eigenvalue weighted by Gasteiger charge is 2.08. The monoisotopic (exact) mass is 357 g/mol. The second-order valence-corrected chi connectivity index (χ2v) is 7.45. The van der Waals surface area contributed by atoms with Crippen LogP contribution in [0.3, 0.4) is 0 Å². The van der Waals surface area contributed by atoms with Crippen molar-refractivity contribution in [3.63, 3.8) is 0 Å². The highest BCUT2D eigenvalue weighted by atomic mass is 32.2. The van der Waals surface area contributed by atoms with E-state index in [0.29, 0.717) is 12.3 Å². The normalized spacial score (nSPS) is 12.7. The van der Waals surface area contributed by atoms with E-state index in [0.717, 1.165) is 23.9 Å². The van der Waals surface area contributed by atoms with E-state index in [2.05, 4.69) is 53.3 Å². The fourth-order valence-corrected chi connectivity index (χ4v) is 3.47. The number of aliphatic imine (C=N–C) groups is 1. The van der Waals surface area contributed by atoms with Crippen molar-refractivity contribution in [2.24, 2.45) is 4.99 Å². The molecule has 0 saturated carbocycles. The van der Waals surface area contributed by atoms with Crippen LogP contribution in [0, 0.1) is 6.92 Å². The van der Waals surface area contributed by atoms with Crippen LogP contribution in [0.1, 0.15) is 18.1 Å². The molecule has 4 nitrogen and oxygen atoms in total. The first-order valence-corrected chi connectivity index (χ1v) is 9.91. The number of nitrogens with zero attached hydrogens (tertiary/aromatic N) is 2. The molecule has 0 heterocycles. The molecule has 0 radical (unpaired) electrons. The molecular formula is C20H27N3OS. The number of aryl methyl sites for hydroxylation is 1. The lowest BCUT2D eigenvalue weighted by atomic mass is 10.1. The third-order valence-corrected chi connectivity index (χ3v) is 5.26. The van der Waals surface area contributed by atoms with Crippen LogP contribution >= 0.6 is 0 Å². The van der Waals surface area contributed by atoms with Gasteiger partial charge in [0.15, 0.2) is 5.96 Å². The summed E-state index contributed by atoms with van der Waals surface area (Å²) < 4.78 is 12.3. The van der Waals surface area contributed by atoms with Gasteiger partial charge in [0.25, 0.3) is 0 Å². The zero-order chi connectivity index (χ0) is 18.1. The SMILES string of the molecule is CCNC(=NCCS(=O)c1ccccc1)N(C)Cc1ccccc1C. The van der Waals surface area contributed by atoms with E-state index in [9.17, 15) is 4.21 Å². The zero-order valence-corrected chi connectivity index (χ0v) is 16.1. The zero-order valence-electron chi connectivity index (χ0n) is 15.2. The fourth-order valence-electron chi connectivity index (χ4n) is 2.51. The minimum Gasteiger partial charge on any atom is -0.357 e. The van der Waals surface area contributed by atoms with E-state index in [1.165, 1.54) is 11.1 Å². The Hall–Kier alpha value is -2.14. The molecule has 0 aliphatic heterocycles. The first-order chi connectivity index (χ1) is 12.1. The Morgan fingerprint density at radius 2 is 1.80 bits per heavy atom. The average molecular weight is 358 g/mol. The molecule has 2 aromatic carbocycles. The molecule has 0 saturated heterocycles. The van der Waals surface area contributed by atoms with Crippen LogP contribution in [0.5, 0.6) is 0 Å². The van der Waals surface area contributed by atoms with E-state index in [-0.39, 0.29) is 0 Å². The minimum absolute atomic E-state index is 0.525. The summed E-state index contributed by atoms with van der Waals surface area (Å²) in [4.78, 5) is 7.61. The second kappa shape index (κ2) is 9.99. The lowest BCUT2D eigenvalue weighted by Crippen LogP contribution is -2.38. The third-order valence-electron chi connectivity index (χ3n) is 3.91. The van der Waals surface area contributed by atoms with E-state index < -0.39 is 10.8 Å². The van der Waals surface area contributed by atoms with Gasteiger partial charge in [0, 0.05) is 30.8 Å². The molecule has 2 rings (SSSR count). The quantitative estimate of drug-likeness (QED) is 0.611. The Bertz CT molecular complexity index is 716. The number of benzene rings is 2. The second-order valence-electron chi connectivity index (χ2n) is 5.88. The highest BCUT2D eigenvalue weighted by Crippen LogP contribution is 2.10. The first kappa shape index (κ1) is 19.2. The Kier molecular flexibility index (Phi) is 7.67. The first-order valence-electron chi connectivity index (χ1n) is 8.59. The number of rotatable bonds is 7. The predicted octanol–water partition coefficient (Wildman–Crippen LogP) is 3.20. The van der Waals surface area contributed by atoms with Crippen molar-refractivity contribution in [1.29, 1.82) is 0 Å². The van der Waals surface area contributed by atoms with E-state index in [1.54, 1.807) is 0 Å². The molecule has 0 spiro atoms. The smallest absolute Gasteiger partial charge is 0.193 e. The van der Waals surface area contributed by atoms with Gasteiger partial charge >= 0.3 is 0 Å². The van der Waals surface area contributed by atoms with Crippen LogP contribution in [0.15, 0.2) is 64.5 Å². The Morgan fingerprint density at radius 1 is 1.12 bits per heavy atom. The summed E-state index contributed by atoms with van der Waals surface area (Å²) in [6, 6.07) is 17.9. The van der Waals surface area contributed by atoms with Crippen LogP contribution in [0.2, 0.25) is 0 Å². The average Bonchev–Trinajstić information content (AvgIpc) is 2.63. The summed E-state index contributed by atoms with van der Waals surface area (Å²) in [5.41, 5.74) is 2.55. The molecule has 0 amide bonds. The van der Waals surface area contributed by atoms with Crippen molar-refractivity contribution in [3.05, 3.63) is 65.7 Å². The van der Waals surface area contributed by atoms with Crippen molar-refractivity contribution >= 4 is 16.8 Å². The van der Waals surface area contributed by atoms with E-state index >= 15 is 0 Å². The lowest BCUT2D eigenvalue weighted by molar-refractivity contribution is 0.476. The molecule has 0 aliphatic rings. The highest BCUT2D eigenvalue weighted by molar-refractivity contribution is 7.85.